The van der Waals surface area contributed by atoms with Gasteiger partial charge in [0.1, 0.15) is 6.61 Å². The third-order valence-electron chi connectivity index (χ3n) is 3.35. The lowest BCUT2D eigenvalue weighted by Crippen LogP contribution is -2.41. The Hall–Kier alpha value is -2.27. The van der Waals surface area contributed by atoms with E-state index in [1.54, 1.807) is 29.4 Å². The van der Waals surface area contributed by atoms with Crippen LogP contribution in [0.3, 0.4) is 0 Å². The Kier molecular flexibility index (Phi) is 4.44. The van der Waals surface area contributed by atoms with Gasteiger partial charge >= 0.3 is 0 Å². The highest BCUT2D eigenvalue weighted by Crippen LogP contribution is 2.30. The van der Waals surface area contributed by atoms with E-state index < -0.39 is 0 Å². The molecule has 1 aliphatic heterocycles. The first-order valence-electron chi connectivity index (χ1n) is 7.07. The van der Waals surface area contributed by atoms with Gasteiger partial charge in [-0.1, -0.05) is 18.2 Å². The number of carbonyl (C=O) groups excluding carboxylic acids is 1. The van der Waals surface area contributed by atoms with Gasteiger partial charge in [-0.15, -0.1) is 11.3 Å². The molecule has 0 spiro atoms. The summed E-state index contributed by atoms with van der Waals surface area (Å²) < 4.78 is 11.5. The highest BCUT2D eigenvalue weighted by atomic mass is 32.1. The van der Waals surface area contributed by atoms with Crippen molar-refractivity contribution in [3.8, 4) is 11.5 Å². The maximum atomic E-state index is 12.1. The summed E-state index contributed by atoms with van der Waals surface area (Å²) in [6.45, 7) is 0.936. The van der Waals surface area contributed by atoms with Crippen LogP contribution in [0.25, 0.3) is 6.08 Å². The van der Waals surface area contributed by atoms with Crippen LogP contribution in [0.1, 0.15) is 4.88 Å². The van der Waals surface area contributed by atoms with Crippen molar-refractivity contribution in [1.82, 2.24) is 4.90 Å². The number of hydrogen-bond acceptors (Lipinski definition) is 4. The van der Waals surface area contributed by atoms with Crippen LogP contribution in [-0.2, 0) is 4.79 Å². The topological polar surface area (TPSA) is 38.8 Å². The molecule has 2 aromatic rings. The number of ether oxygens (including phenoxy) is 2. The first-order chi connectivity index (χ1) is 10.7. The lowest BCUT2D eigenvalue weighted by molar-refractivity contribution is -0.126. The van der Waals surface area contributed by atoms with E-state index in [1.165, 1.54) is 0 Å². The van der Waals surface area contributed by atoms with E-state index in [-0.39, 0.29) is 12.0 Å². The van der Waals surface area contributed by atoms with E-state index >= 15 is 0 Å². The number of amides is 1. The maximum Gasteiger partial charge on any atom is 0.246 e. The zero-order valence-corrected chi connectivity index (χ0v) is 13.1. The quantitative estimate of drug-likeness (QED) is 0.814. The molecule has 1 amide bonds. The molecule has 4 nitrogen and oxygen atoms in total. The Morgan fingerprint density at radius 2 is 2.14 bits per heavy atom. The van der Waals surface area contributed by atoms with Crippen LogP contribution in [0, 0.1) is 0 Å². The maximum absolute atomic E-state index is 12.1. The van der Waals surface area contributed by atoms with E-state index in [9.17, 15) is 4.79 Å². The summed E-state index contributed by atoms with van der Waals surface area (Å²) in [5.74, 6) is 1.44. The van der Waals surface area contributed by atoms with Gasteiger partial charge < -0.3 is 14.4 Å². The van der Waals surface area contributed by atoms with Gasteiger partial charge in [0, 0.05) is 18.0 Å². The van der Waals surface area contributed by atoms with Crippen molar-refractivity contribution in [2.75, 3.05) is 20.2 Å². The molecule has 2 heterocycles. The Labute approximate surface area is 133 Å². The second-order valence-electron chi connectivity index (χ2n) is 5.07. The summed E-state index contributed by atoms with van der Waals surface area (Å²) in [7, 11) is 1.77. The van der Waals surface area contributed by atoms with Gasteiger partial charge in [0.2, 0.25) is 5.91 Å². The van der Waals surface area contributed by atoms with E-state index in [4.69, 9.17) is 9.47 Å². The predicted octanol–water partition coefficient (Wildman–Crippen LogP) is 3.06. The fourth-order valence-electron chi connectivity index (χ4n) is 2.22. The molecule has 0 radical (unpaired) electrons. The highest BCUT2D eigenvalue weighted by molar-refractivity contribution is 7.10. The van der Waals surface area contributed by atoms with Crippen LogP contribution in [0.2, 0.25) is 0 Å². The van der Waals surface area contributed by atoms with Crippen molar-refractivity contribution >= 4 is 23.3 Å². The summed E-state index contributed by atoms with van der Waals surface area (Å²) in [5.41, 5.74) is 0. The number of para-hydroxylation sites is 2. The fourth-order valence-corrected chi connectivity index (χ4v) is 2.83. The number of hydrogen-bond donors (Lipinski definition) is 0. The molecule has 0 saturated carbocycles. The highest BCUT2D eigenvalue weighted by Gasteiger charge is 2.22. The van der Waals surface area contributed by atoms with Gasteiger partial charge in [0.05, 0.1) is 6.54 Å². The third kappa shape index (κ3) is 3.49. The smallest absolute Gasteiger partial charge is 0.246 e. The van der Waals surface area contributed by atoms with Crippen LogP contribution in [0.4, 0.5) is 0 Å². The van der Waals surface area contributed by atoms with Gasteiger partial charge in [-0.25, -0.2) is 0 Å². The second kappa shape index (κ2) is 6.66. The van der Waals surface area contributed by atoms with Crippen molar-refractivity contribution in [1.29, 1.82) is 0 Å². The standard InChI is InChI=1S/C17H17NO3S/c1-18(17(19)9-8-14-5-4-10-22-14)11-13-12-20-15-6-2-3-7-16(15)21-13/h2-10,13H,11-12H2,1H3/b9-8+/t13-/m1/s1. The lowest BCUT2D eigenvalue weighted by atomic mass is 10.2. The summed E-state index contributed by atoms with van der Waals surface area (Å²) in [6.07, 6.45) is 3.26. The van der Waals surface area contributed by atoms with E-state index in [0.717, 1.165) is 16.4 Å². The summed E-state index contributed by atoms with van der Waals surface area (Å²) in [4.78, 5) is 14.8. The average molecular weight is 315 g/mol. The van der Waals surface area contributed by atoms with Crippen LogP contribution in [0.15, 0.2) is 47.9 Å². The first kappa shape index (κ1) is 14.7. The molecule has 0 unspecified atom stereocenters. The first-order valence-corrected chi connectivity index (χ1v) is 7.95. The Morgan fingerprint density at radius 3 is 2.91 bits per heavy atom. The minimum Gasteiger partial charge on any atom is -0.486 e. The Balaban J connectivity index is 1.56. The van der Waals surface area contributed by atoms with E-state index in [0.29, 0.717) is 13.2 Å². The molecule has 114 valence electrons. The molecule has 1 aromatic heterocycles. The molecule has 3 rings (SSSR count). The average Bonchev–Trinajstić information content (AvgIpc) is 3.06. The molecular weight excluding hydrogens is 298 g/mol. The number of carbonyl (C=O) groups is 1. The number of rotatable bonds is 4. The normalized spacial score (nSPS) is 16.7. The molecule has 22 heavy (non-hydrogen) atoms. The van der Waals surface area contributed by atoms with Crippen molar-refractivity contribution < 1.29 is 14.3 Å². The van der Waals surface area contributed by atoms with Crippen molar-refractivity contribution in [2.45, 2.75) is 6.10 Å². The number of fused-ring (bicyclic) bond motifs is 1. The predicted molar refractivity (Wildman–Crippen MR) is 87.3 cm³/mol. The number of nitrogens with zero attached hydrogens (tertiary/aromatic N) is 1. The molecule has 0 bridgehead atoms. The van der Waals surface area contributed by atoms with Crippen molar-refractivity contribution in [3.63, 3.8) is 0 Å². The molecule has 5 heteroatoms. The van der Waals surface area contributed by atoms with Crippen LogP contribution in [0.5, 0.6) is 11.5 Å². The third-order valence-corrected chi connectivity index (χ3v) is 4.19. The SMILES string of the molecule is CN(C[C@@H]1COc2ccccc2O1)C(=O)/C=C/c1cccs1. The molecule has 0 saturated heterocycles. The number of benzene rings is 1. The molecule has 1 aliphatic rings. The van der Waals surface area contributed by atoms with Gasteiger partial charge in [0.15, 0.2) is 17.6 Å². The fraction of sp³-hybridized carbons (Fsp3) is 0.235. The monoisotopic (exact) mass is 315 g/mol. The van der Waals surface area contributed by atoms with E-state index in [1.807, 2.05) is 47.9 Å². The molecule has 0 fully saturated rings. The number of likely N-dealkylation sites (N-methyl/N-ethyl adjacent to an activating group) is 1. The largest absolute Gasteiger partial charge is 0.486 e. The van der Waals surface area contributed by atoms with Crippen LogP contribution >= 0.6 is 11.3 Å². The van der Waals surface area contributed by atoms with Gasteiger partial charge in [0.25, 0.3) is 0 Å². The minimum absolute atomic E-state index is 0.0455. The van der Waals surface area contributed by atoms with Crippen LogP contribution in [-0.4, -0.2) is 37.1 Å². The van der Waals surface area contributed by atoms with Gasteiger partial charge in [-0.2, -0.15) is 0 Å². The second-order valence-corrected chi connectivity index (χ2v) is 6.04. The molecule has 0 aliphatic carbocycles. The molecule has 0 N–H and O–H groups in total. The van der Waals surface area contributed by atoms with Crippen LogP contribution < -0.4 is 9.47 Å². The Bertz CT molecular complexity index is 666. The lowest BCUT2D eigenvalue weighted by Gasteiger charge is -2.29. The van der Waals surface area contributed by atoms with E-state index in [2.05, 4.69) is 0 Å². The summed E-state index contributed by atoms with van der Waals surface area (Å²) in [5, 5.41) is 1.98. The summed E-state index contributed by atoms with van der Waals surface area (Å²) >= 11 is 1.60. The van der Waals surface area contributed by atoms with Crippen molar-refractivity contribution in [2.24, 2.45) is 0 Å². The number of thiophene rings is 1. The summed E-state index contributed by atoms with van der Waals surface area (Å²) in [6, 6.07) is 11.5. The molecule has 1 atom stereocenters. The van der Waals surface area contributed by atoms with Gasteiger partial charge in [-0.05, 0) is 29.7 Å². The van der Waals surface area contributed by atoms with Crippen molar-refractivity contribution in [3.05, 3.63) is 52.7 Å². The Morgan fingerprint density at radius 1 is 1.32 bits per heavy atom. The zero-order valence-electron chi connectivity index (χ0n) is 12.3. The minimum atomic E-state index is -0.154. The molecule has 1 aromatic carbocycles. The molecular formula is C17H17NO3S. The van der Waals surface area contributed by atoms with Gasteiger partial charge in [-0.3, -0.25) is 4.79 Å². The zero-order chi connectivity index (χ0) is 15.4.